The zero-order valence-electron chi connectivity index (χ0n) is 49.2. The summed E-state index contributed by atoms with van der Waals surface area (Å²) in [6.07, 6.45) is 7.16. The molecular formula is C69H57BBr2N16O2. The quantitative estimate of drug-likeness (QED) is 0.131. The van der Waals surface area contributed by atoms with E-state index in [2.05, 4.69) is 143 Å². The van der Waals surface area contributed by atoms with Gasteiger partial charge in [-0.2, -0.15) is 0 Å². The Labute approximate surface area is 536 Å². The van der Waals surface area contributed by atoms with Crippen molar-refractivity contribution in [2.24, 2.45) is 0 Å². The molecule has 7 aromatic heterocycles. The highest BCUT2D eigenvalue weighted by Crippen LogP contribution is 2.37. The van der Waals surface area contributed by atoms with E-state index in [9.17, 15) is 0 Å². The first-order valence-corrected chi connectivity index (χ1v) is 30.0. The van der Waals surface area contributed by atoms with E-state index in [1.165, 1.54) is 5.39 Å². The van der Waals surface area contributed by atoms with Crippen molar-refractivity contribution in [3.63, 3.8) is 0 Å². The molecule has 14 aromatic rings. The van der Waals surface area contributed by atoms with Crippen molar-refractivity contribution in [1.82, 2.24) is 65.5 Å². The molecule has 1 aliphatic heterocycles. The Morgan fingerprint density at radius 2 is 0.689 bits per heavy atom. The van der Waals surface area contributed by atoms with Crippen LogP contribution in [0.3, 0.4) is 0 Å². The van der Waals surface area contributed by atoms with Crippen molar-refractivity contribution < 1.29 is 9.31 Å². The highest BCUT2D eigenvalue weighted by atomic mass is 79.9. The number of benzene rings is 7. The van der Waals surface area contributed by atoms with Gasteiger partial charge in [0.05, 0.1) is 33.3 Å². The maximum Gasteiger partial charge on any atom is 0.494 e. The van der Waals surface area contributed by atoms with Gasteiger partial charge < -0.3 is 26.5 Å². The van der Waals surface area contributed by atoms with Crippen LogP contribution in [0.2, 0.25) is 0 Å². The minimum atomic E-state index is -0.311. The third-order valence-electron chi connectivity index (χ3n) is 14.7. The number of nitrogens with zero attached hydrogens (tertiary/aromatic N) is 13. The number of anilines is 3. The smallest absolute Gasteiger partial charge is 0.399 e. The SMILES string of the molecule is Brc1ccc2ncccc2c1.CC1(C)OB(c2ccc3ncccc3c2)OC1(C)C.Nc1nnc(-c2ccc3ncccc3c2)c(-c2ccccc2)n1.Nc1nnc(-c2ccc3ncccc3c2)c(-c2ccccc2)n1.Nc1nnc(Br)c(-c2ccccc2)n1. The molecule has 0 atom stereocenters. The minimum Gasteiger partial charge on any atom is -0.399 e. The predicted octanol–water partition coefficient (Wildman–Crippen LogP) is 14.1. The van der Waals surface area contributed by atoms with E-state index in [4.69, 9.17) is 26.5 Å². The molecule has 0 saturated carbocycles. The molecule has 6 N–H and O–H groups in total. The zero-order chi connectivity index (χ0) is 62.6. The average Bonchev–Trinajstić information content (AvgIpc) is 1.55. The average molecular weight is 1310 g/mol. The second kappa shape index (κ2) is 27.7. The van der Waals surface area contributed by atoms with Crippen LogP contribution >= 0.6 is 31.9 Å². The summed E-state index contributed by atoms with van der Waals surface area (Å²) < 4.78 is 13.8. The highest BCUT2D eigenvalue weighted by Gasteiger charge is 2.51. The Morgan fingerprint density at radius 1 is 0.333 bits per heavy atom. The van der Waals surface area contributed by atoms with Crippen molar-refractivity contribution in [3.8, 4) is 56.3 Å². The minimum absolute atomic E-state index is 0.162. The van der Waals surface area contributed by atoms with Crippen molar-refractivity contribution in [2.45, 2.75) is 38.9 Å². The van der Waals surface area contributed by atoms with Crippen LogP contribution < -0.4 is 22.7 Å². The Kier molecular flexibility index (Phi) is 18.9. The third kappa shape index (κ3) is 14.7. The molecule has 8 heterocycles. The van der Waals surface area contributed by atoms with Crippen LogP contribution in [0.25, 0.3) is 99.9 Å². The van der Waals surface area contributed by atoms with Crippen LogP contribution in [-0.2, 0) is 9.31 Å². The number of nitrogen functional groups attached to an aromatic ring is 3. The number of aromatic nitrogens is 13. The van der Waals surface area contributed by atoms with Gasteiger partial charge in [-0.25, -0.2) is 15.0 Å². The van der Waals surface area contributed by atoms with Crippen molar-refractivity contribution in [3.05, 3.63) is 246 Å². The first kappa shape index (κ1) is 61.2. The fraction of sp³-hybridized carbons (Fsp3) is 0.0870. The van der Waals surface area contributed by atoms with Gasteiger partial charge in [0.15, 0.2) is 4.60 Å². The van der Waals surface area contributed by atoms with Crippen molar-refractivity contribution >= 4 is 106 Å². The normalized spacial score (nSPS) is 12.8. The van der Waals surface area contributed by atoms with Crippen LogP contribution in [0.4, 0.5) is 17.8 Å². The third-order valence-corrected chi connectivity index (χ3v) is 15.7. The number of pyridine rings is 4. The van der Waals surface area contributed by atoms with Crippen LogP contribution in [0.15, 0.2) is 246 Å². The van der Waals surface area contributed by atoms with Gasteiger partial charge in [-0.15, -0.1) is 30.6 Å². The molecule has 1 aliphatic rings. The van der Waals surface area contributed by atoms with Crippen molar-refractivity contribution in [2.75, 3.05) is 17.2 Å². The van der Waals surface area contributed by atoms with Gasteiger partial charge >= 0.3 is 7.12 Å². The molecule has 90 heavy (non-hydrogen) atoms. The molecule has 7 aromatic carbocycles. The van der Waals surface area contributed by atoms with Gasteiger partial charge in [0, 0.05) is 73.2 Å². The standard InChI is InChI=1S/2C18H13N5.C15H18BNO2.C9H7BrN4.C9H6BrN/c2*19-18-21-16(12-5-2-1-3-6-12)17(22-23-18)14-8-9-15-13(11-14)7-4-10-20-15;1-14(2)15(3,4)19-16(18-14)12-7-8-13-11(10-12)6-5-9-17-13;10-8-7(12-9(11)14-13-8)6-4-2-1-3-5-6;10-8-3-4-9-7(6-8)2-1-5-11-9/h2*1-11H,(H2,19,21,23);5-10H,1-4H3;1-5H,(H2,11,12,14);1-6H. The lowest BCUT2D eigenvalue weighted by molar-refractivity contribution is 0.00578. The Hall–Kier alpha value is -10.4. The lowest BCUT2D eigenvalue weighted by Crippen LogP contribution is -2.41. The van der Waals surface area contributed by atoms with Gasteiger partial charge in [-0.1, -0.05) is 155 Å². The summed E-state index contributed by atoms with van der Waals surface area (Å²) in [5.41, 5.74) is 29.6. The van der Waals surface area contributed by atoms with E-state index in [0.29, 0.717) is 21.7 Å². The summed E-state index contributed by atoms with van der Waals surface area (Å²) in [4.78, 5) is 30.1. The van der Waals surface area contributed by atoms with E-state index in [1.807, 2.05) is 194 Å². The number of hydrogen-bond acceptors (Lipinski definition) is 18. The van der Waals surface area contributed by atoms with Gasteiger partial charge in [0.25, 0.3) is 0 Å². The molecule has 1 fully saturated rings. The Bertz CT molecular complexity index is 4610. The number of rotatable bonds is 6. The number of halogens is 2. The van der Waals surface area contributed by atoms with E-state index in [0.717, 1.165) is 87.4 Å². The number of nitrogens with two attached hydrogens (primary N) is 3. The second-order valence-corrected chi connectivity index (χ2v) is 23.0. The molecule has 21 heteroatoms. The maximum absolute atomic E-state index is 6.06. The molecule has 0 amide bonds. The topological polar surface area (TPSA) is 264 Å². The number of hydrogen-bond donors (Lipinski definition) is 3. The molecule has 15 rings (SSSR count). The van der Waals surface area contributed by atoms with Gasteiger partial charge in [0.1, 0.15) is 28.5 Å². The Balaban J connectivity index is 0.000000118. The maximum atomic E-state index is 6.06. The molecule has 0 aliphatic carbocycles. The van der Waals surface area contributed by atoms with Crippen LogP contribution in [-0.4, -0.2) is 83.8 Å². The first-order chi connectivity index (χ1) is 43.6. The largest absolute Gasteiger partial charge is 0.494 e. The highest BCUT2D eigenvalue weighted by molar-refractivity contribution is 9.10. The summed E-state index contributed by atoms with van der Waals surface area (Å²) in [7, 11) is -0.311. The van der Waals surface area contributed by atoms with Crippen LogP contribution in [0.1, 0.15) is 27.7 Å². The van der Waals surface area contributed by atoms with E-state index >= 15 is 0 Å². The lowest BCUT2D eigenvalue weighted by Gasteiger charge is -2.32. The molecule has 442 valence electrons. The fourth-order valence-electron chi connectivity index (χ4n) is 9.48. The first-order valence-electron chi connectivity index (χ1n) is 28.4. The van der Waals surface area contributed by atoms with Gasteiger partial charge in [-0.05, 0) is 127 Å². The summed E-state index contributed by atoms with van der Waals surface area (Å²) in [5.74, 6) is 0.497. The predicted molar refractivity (Wildman–Crippen MR) is 365 cm³/mol. The van der Waals surface area contributed by atoms with Gasteiger partial charge in [-0.3, -0.25) is 19.9 Å². The summed E-state index contributed by atoms with van der Waals surface area (Å²) in [6, 6.07) is 69.4. The lowest BCUT2D eigenvalue weighted by atomic mass is 9.78. The van der Waals surface area contributed by atoms with E-state index in [1.54, 1.807) is 24.8 Å². The molecule has 1 saturated heterocycles. The summed E-state index contributed by atoms with van der Waals surface area (Å²) in [5, 5.41) is 28.2. The monoisotopic (exact) mass is 1310 g/mol. The zero-order valence-corrected chi connectivity index (χ0v) is 52.4. The second-order valence-electron chi connectivity index (χ2n) is 21.3. The molecule has 0 radical (unpaired) electrons. The summed E-state index contributed by atoms with van der Waals surface area (Å²) in [6.45, 7) is 8.26. The Morgan fingerprint density at radius 3 is 1.12 bits per heavy atom. The van der Waals surface area contributed by atoms with Crippen LogP contribution in [0.5, 0.6) is 0 Å². The molecule has 0 spiro atoms. The van der Waals surface area contributed by atoms with Gasteiger partial charge in [0.2, 0.25) is 17.8 Å². The fourth-order valence-corrected chi connectivity index (χ4v) is 10.3. The number of fused-ring (bicyclic) bond motifs is 4. The molecule has 0 unspecified atom stereocenters. The van der Waals surface area contributed by atoms with E-state index < -0.39 is 0 Å². The van der Waals surface area contributed by atoms with Crippen LogP contribution in [0, 0.1) is 0 Å². The molecule has 18 nitrogen and oxygen atoms in total. The summed E-state index contributed by atoms with van der Waals surface area (Å²) >= 11 is 6.68. The molecular weight excluding hydrogens is 1260 g/mol. The van der Waals surface area contributed by atoms with Crippen molar-refractivity contribution in [1.29, 1.82) is 0 Å². The van der Waals surface area contributed by atoms with E-state index in [-0.39, 0.29) is 36.2 Å². The molecule has 0 bridgehead atoms.